The molecule has 0 unspecified atom stereocenters. The summed E-state index contributed by atoms with van der Waals surface area (Å²) in [5, 5.41) is 0. The van der Waals surface area contributed by atoms with Crippen molar-refractivity contribution in [2.45, 2.75) is 33.6 Å². The lowest BCUT2D eigenvalue weighted by molar-refractivity contribution is 0.111. The van der Waals surface area contributed by atoms with Crippen LogP contribution in [0.5, 0.6) is 5.75 Å². The van der Waals surface area contributed by atoms with Crippen molar-refractivity contribution < 1.29 is 9.53 Å². The number of aromatic nitrogens is 1. The van der Waals surface area contributed by atoms with Gasteiger partial charge >= 0.3 is 0 Å². The Labute approximate surface area is 202 Å². The molecule has 0 fully saturated rings. The Kier molecular flexibility index (Phi) is 10.4. The van der Waals surface area contributed by atoms with Gasteiger partial charge in [-0.1, -0.05) is 37.6 Å². The van der Waals surface area contributed by atoms with Crippen molar-refractivity contribution >= 4 is 23.3 Å². The highest BCUT2D eigenvalue weighted by molar-refractivity contribution is 5.86. The van der Waals surface area contributed by atoms with Crippen LogP contribution in [-0.4, -0.2) is 17.9 Å². The number of nitrogens with zero attached hydrogens (tertiary/aromatic N) is 1. The first kappa shape index (κ1) is 26.2. The number of aryl methyl sites for hydroxylation is 2. The monoisotopic (exact) mass is 458 g/mol. The van der Waals surface area contributed by atoms with E-state index in [9.17, 15) is 4.79 Å². The first-order valence-electron chi connectivity index (χ1n) is 11.2. The standard InChI is InChI=1S/C17H20N2O2.C11H14N2/c1-3-4-7-21-17-13(11-20)8-12(2)9-15(17)16-6-5-14(18)10-19-16;1-9-8-10(12)6-4-2-3-5-7-11(9)13/h5-6,8-11H,3-4,7,18H2,1-2H3;2-8H,12-13H2,1H3. The first-order valence-corrected chi connectivity index (χ1v) is 11.2. The van der Waals surface area contributed by atoms with Gasteiger partial charge in [0.2, 0.25) is 0 Å². The zero-order valence-corrected chi connectivity index (χ0v) is 20.1. The van der Waals surface area contributed by atoms with Gasteiger partial charge in [0.15, 0.2) is 6.29 Å². The lowest BCUT2D eigenvalue weighted by Gasteiger charge is -2.14. The van der Waals surface area contributed by atoms with Crippen LogP contribution in [0, 0.1) is 13.8 Å². The maximum atomic E-state index is 11.3. The molecule has 0 aliphatic heterocycles. The number of hydrogen-bond acceptors (Lipinski definition) is 6. The van der Waals surface area contributed by atoms with Crippen molar-refractivity contribution in [1.82, 2.24) is 4.98 Å². The Morgan fingerprint density at radius 3 is 2.29 bits per heavy atom. The van der Waals surface area contributed by atoms with Gasteiger partial charge in [-0.3, -0.25) is 9.78 Å². The van der Waals surface area contributed by atoms with Crippen LogP contribution < -0.4 is 21.9 Å². The van der Waals surface area contributed by atoms with Crippen LogP contribution in [0.1, 0.15) is 41.3 Å². The van der Waals surface area contributed by atoms with Gasteiger partial charge in [-0.15, -0.1) is 0 Å². The van der Waals surface area contributed by atoms with Crippen LogP contribution in [0.2, 0.25) is 0 Å². The fourth-order valence-electron chi connectivity index (χ4n) is 3.09. The molecule has 0 saturated carbocycles. The second kappa shape index (κ2) is 13.5. The van der Waals surface area contributed by atoms with Crippen molar-refractivity contribution in [3.05, 3.63) is 89.6 Å². The van der Waals surface area contributed by atoms with Crippen molar-refractivity contribution in [1.29, 1.82) is 0 Å². The van der Waals surface area contributed by atoms with Crippen molar-refractivity contribution in [2.24, 2.45) is 0 Å². The number of aldehydes is 1. The molecule has 6 nitrogen and oxygen atoms in total. The number of rotatable bonds is 6. The van der Waals surface area contributed by atoms with Gasteiger partial charge in [0.05, 0.1) is 29.7 Å². The lowest BCUT2D eigenvalue weighted by Crippen LogP contribution is -2.03. The summed E-state index contributed by atoms with van der Waals surface area (Å²) < 4.78 is 5.84. The Morgan fingerprint density at radius 1 is 0.912 bits per heavy atom. The highest BCUT2D eigenvalue weighted by atomic mass is 16.5. The number of anilines is 3. The smallest absolute Gasteiger partial charge is 0.153 e. The van der Waals surface area contributed by atoms with E-state index >= 15 is 0 Å². The van der Waals surface area contributed by atoms with E-state index in [1.54, 1.807) is 12.3 Å². The Morgan fingerprint density at radius 2 is 1.65 bits per heavy atom. The van der Waals surface area contributed by atoms with Crippen molar-refractivity contribution in [3.8, 4) is 17.0 Å². The zero-order valence-electron chi connectivity index (χ0n) is 20.1. The van der Waals surface area contributed by atoms with Crippen LogP contribution >= 0.6 is 0 Å². The average Bonchev–Trinajstić information content (AvgIpc) is 2.82. The van der Waals surface area contributed by atoms with E-state index < -0.39 is 0 Å². The quantitative estimate of drug-likeness (QED) is 0.312. The molecule has 34 heavy (non-hydrogen) atoms. The van der Waals surface area contributed by atoms with E-state index in [0.717, 1.165) is 47.2 Å². The molecule has 1 aromatic heterocycles. The topological polar surface area (TPSA) is 117 Å². The summed E-state index contributed by atoms with van der Waals surface area (Å²) in [4.78, 5) is 15.7. The third-order valence-electron chi connectivity index (χ3n) is 4.93. The lowest BCUT2D eigenvalue weighted by atomic mass is 10.0. The van der Waals surface area contributed by atoms with Gasteiger partial charge in [-0.25, -0.2) is 0 Å². The molecule has 3 rings (SSSR count). The maximum absolute atomic E-state index is 11.3. The van der Waals surface area contributed by atoms with Crippen LogP contribution in [0.3, 0.4) is 0 Å². The minimum absolute atomic E-state index is 0.555. The third-order valence-corrected chi connectivity index (χ3v) is 4.93. The van der Waals surface area contributed by atoms with E-state index in [4.69, 9.17) is 21.9 Å². The minimum Gasteiger partial charge on any atom is -0.492 e. The average molecular weight is 459 g/mol. The van der Waals surface area contributed by atoms with Gasteiger partial charge in [-0.2, -0.15) is 0 Å². The van der Waals surface area contributed by atoms with Gasteiger partial charge < -0.3 is 21.9 Å². The number of unbranched alkanes of at least 4 members (excludes halogenated alkanes) is 1. The molecule has 6 N–H and O–H groups in total. The number of nitrogens with two attached hydrogens (primary N) is 3. The molecule has 0 bridgehead atoms. The van der Waals surface area contributed by atoms with Gasteiger partial charge in [-0.05, 0) is 73.9 Å². The summed E-state index contributed by atoms with van der Waals surface area (Å²) in [5.41, 5.74) is 23.3. The first-order chi connectivity index (χ1) is 16.3. The molecule has 0 atom stereocenters. The number of pyridine rings is 1. The van der Waals surface area contributed by atoms with E-state index in [-0.39, 0.29) is 0 Å². The SMILES string of the molecule is CCCCOc1c(C=O)cc(C)cc1-c1ccc(N)cn1.Cc1cc(N)ccccccc1N. The number of benzene rings is 1. The summed E-state index contributed by atoms with van der Waals surface area (Å²) in [5.74, 6) is 0.598. The molecule has 178 valence electrons. The number of carbonyl (C=O) groups is 1. The number of ether oxygens (including phenoxy) is 1. The number of hydrogen-bond donors (Lipinski definition) is 3. The molecule has 0 saturated heterocycles. The summed E-state index contributed by atoms with van der Waals surface area (Å²) >= 11 is 0. The predicted molar refractivity (Wildman–Crippen MR) is 142 cm³/mol. The van der Waals surface area contributed by atoms with Crippen molar-refractivity contribution in [2.75, 3.05) is 23.8 Å². The third kappa shape index (κ3) is 8.13. The minimum atomic E-state index is 0.555. The summed E-state index contributed by atoms with van der Waals surface area (Å²) in [6.07, 6.45) is 4.42. The number of nitrogen functional groups attached to an aromatic ring is 3. The fraction of sp³-hybridized carbons (Fsp3) is 0.214. The van der Waals surface area contributed by atoms with Crippen LogP contribution in [0.4, 0.5) is 17.1 Å². The normalized spacial score (nSPS) is 9.85. The Hall–Kier alpha value is -4.06. The summed E-state index contributed by atoms with van der Waals surface area (Å²) in [7, 11) is 0. The molecular weight excluding hydrogens is 424 g/mol. The van der Waals surface area contributed by atoms with Crippen LogP contribution in [-0.2, 0) is 0 Å². The van der Waals surface area contributed by atoms with Crippen molar-refractivity contribution in [3.63, 3.8) is 0 Å². The second-order valence-electron chi connectivity index (χ2n) is 7.91. The van der Waals surface area contributed by atoms with E-state index in [2.05, 4.69) is 11.9 Å². The molecule has 0 spiro atoms. The Bertz CT molecular complexity index is 1140. The predicted octanol–water partition coefficient (Wildman–Crippen LogP) is 5.91. The van der Waals surface area contributed by atoms with Gasteiger partial charge in [0, 0.05) is 16.9 Å². The summed E-state index contributed by atoms with van der Waals surface area (Å²) in [6, 6.07) is 20.6. The van der Waals surface area contributed by atoms with E-state index in [0.29, 0.717) is 29.3 Å². The largest absolute Gasteiger partial charge is 0.492 e. The summed E-state index contributed by atoms with van der Waals surface area (Å²) in [6.45, 7) is 6.57. The highest BCUT2D eigenvalue weighted by Gasteiger charge is 2.14. The number of carbonyl (C=O) groups excluding carboxylic acids is 1. The molecule has 0 aliphatic carbocycles. The van der Waals surface area contributed by atoms with Gasteiger partial charge in [0.25, 0.3) is 0 Å². The van der Waals surface area contributed by atoms with Gasteiger partial charge in [0.1, 0.15) is 5.75 Å². The van der Waals surface area contributed by atoms with Crippen LogP contribution in [0.25, 0.3) is 11.3 Å². The second-order valence-corrected chi connectivity index (χ2v) is 7.91. The van der Waals surface area contributed by atoms with Crippen LogP contribution in [0.15, 0.2) is 72.9 Å². The molecule has 0 amide bonds. The molecule has 1 heterocycles. The molecule has 0 aliphatic rings. The maximum Gasteiger partial charge on any atom is 0.153 e. The zero-order chi connectivity index (χ0) is 24.9. The highest BCUT2D eigenvalue weighted by Crippen LogP contribution is 2.33. The van der Waals surface area contributed by atoms with E-state index in [1.165, 1.54) is 0 Å². The fourth-order valence-corrected chi connectivity index (χ4v) is 3.09. The van der Waals surface area contributed by atoms with E-state index in [1.807, 2.05) is 74.5 Å². The molecule has 2 aromatic carbocycles. The molecule has 6 heteroatoms. The molecule has 3 aromatic rings. The molecular formula is C28H34N4O2. The molecule has 0 radical (unpaired) electrons. The Balaban J connectivity index is 0.000000270.